The fourth-order valence-corrected chi connectivity index (χ4v) is 1.66. The molecule has 0 amide bonds. The molecule has 3 nitrogen and oxygen atoms in total. The predicted octanol–water partition coefficient (Wildman–Crippen LogP) is 3.04. The van der Waals surface area contributed by atoms with Crippen molar-refractivity contribution in [2.45, 2.75) is 5.88 Å². The van der Waals surface area contributed by atoms with Gasteiger partial charge in [-0.25, -0.2) is 9.97 Å². The van der Waals surface area contributed by atoms with Crippen LogP contribution in [0.4, 0.5) is 0 Å². The minimum atomic E-state index is 0.386. The maximum Gasteiger partial charge on any atom is 0.161 e. The number of pyridine rings is 1. The van der Waals surface area contributed by atoms with Gasteiger partial charge in [0, 0.05) is 28.6 Å². The van der Waals surface area contributed by atoms with Crippen molar-refractivity contribution in [2.24, 2.45) is 0 Å². The Kier molecular flexibility index (Phi) is 3.28. The summed E-state index contributed by atoms with van der Waals surface area (Å²) >= 11 is 9.05. The monoisotopic (exact) mass is 283 g/mol. The minimum absolute atomic E-state index is 0.386. The van der Waals surface area contributed by atoms with E-state index in [1.807, 2.05) is 6.07 Å². The summed E-state index contributed by atoms with van der Waals surface area (Å²) in [6, 6.07) is 3.71. The predicted molar refractivity (Wildman–Crippen MR) is 62.5 cm³/mol. The second-order valence-corrected chi connectivity index (χ2v) is 4.08. The number of hydrogen-bond acceptors (Lipinski definition) is 3. The Bertz CT molecular complexity index is 476. The third kappa shape index (κ3) is 2.52. The molecule has 0 radical (unpaired) electrons. The second-order valence-electron chi connectivity index (χ2n) is 2.90. The fourth-order valence-electron chi connectivity index (χ4n) is 1.14. The van der Waals surface area contributed by atoms with Gasteiger partial charge in [-0.3, -0.25) is 4.98 Å². The van der Waals surface area contributed by atoms with Gasteiger partial charge in [-0.05, 0) is 28.1 Å². The molecule has 15 heavy (non-hydrogen) atoms. The van der Waals surface area contributed by atoms with Crippen LogP contribution in [-0.4, -0.2) is 15.0 Å². The van der Waals surface area contributed by atoms with Gasteiger partial charge in [0.25, 0.3) is 0 Å². The summed E-state index contributed by atoms with van der Waals surface area (Å²) < 4.78 is 0.903. The first-order chi connectivity index (χ1) is 7.29. The first-order valence-corrected chi connectivity index (χ1v) is 5.61. The lowest BCUT2D eigenvalue weighted by atomic mass is 10.2. The SMILES string of the molecule is ClCc1ccnc(-c2cncc(Br)c2)n1. The van der Waals surface area contributed by atoms with Crippen molar-refractivity contribution >= 4 is 27.5 Å². The Morgan fingerprint density at radius 1 is 1.33 bits per heavy atom. The molecule has 2 heterocycles. The second kappa shape index (κ2) is 4.68. The number of alkyl halides is 1. The van der Waals surface area contributed by atoms with Gasteiger partial charge in [-0.1, -0.05) is 0 Å². The zero-order valence-electron chi connectivity index (χ0n) is 7.69. The van der Waals surface area contributed by atoms with Crippen LogP contribution >= 0.6 is 27.5 Å². The van der Waals surface area contributed by atoms with Gasteiger partial charge in [0.2, 0.25) is 0 Å². The van der Waals surface area contributed by atoms with Crippen LogP contribution in [0, 0.1) is 0 Å². The summed E-state index contributed by atoms with van der Waals surface area (Å²) in [5.41, 5.74) is 1.68. The Hall–Kier alpha value is -1.00. The van der Waals surface area contributed by atoms with E-state index in [4.69, 9.17) is 11.6 Å². The van der Waals surface area contributed by atoms with Crippen molar-refractivity contribution in [1.29, 1.82) is 0 Å². The summed E-state index contributed by atoms with van der Waals surface area (Å²) in [5.74, 6) is 1.03. The van der Waals surface area contributed by atoms with E-state index in [0.717, 1.165) is 15.7 Å². The third-order valence-corrected chi connectivity index (χ3v) is 2.52. The quantitative estimate of drug-likeness (QED) is 0.796. The van der Waals surface area contributed by atoms with Crippen LogP contribution in [0.3, 0.4) is 0 Å². The van der Waals surface area contributed by atoms with Gasteiger partial charge in [0.15, 0.2) is 5.82 Å². The fraction of sp³-hybridized carbons (Fsp3) is 0.100. The van der Waals surface area contributed by atoms with Crippen molar-refractivity contribution in [1.82, 2.24) is 15.0 Å². The van der Waals surface area contributed by atoms with Gasteiger partial charge in [0.1, 0.15) is 0 Å². The Morgan fingerprint density at radius 3 is 2.93 bits per heavy atom. The third-order valence-electron chi connectivity index (χ3n) is 1.81. The van der Waals surface area contributed by atoms with Gasteiger partial charge in [-0.2, -0.15) is 0 Å². The normalized spacial score (nSPS) is 10.3. The highest BCUT2D eigenvalue weighted by molar-refractivity contribution is 9.10. The molecule has 0 unspecified atom stereocenters. The standard InChI is InChI=1S/C10H7BrClN3/c11-8-3-7(5-13-6-8)10-14-2-1-9(4-12)15-10/h1-3,5-6H,4H2. The molecule has 76 valence electrons. The summed E-state index contributed by atoms with van der Waals surface area (Å²) in [6.07, 6.45) is 5.13. The van der Waals surface area contributed by atoms with Crippen molar-refractivity contribution in [2.75, 3.05) is 0 Å². The molecule has 0 fully saturated rings. The molecule has 0 saturated heterocycles. The molecule has 2 rings (SSSR count). The molecular formula is C10H7BrClN3. The molecule has 0 aromatic carbocycles. The van der Waals surface area contributed by atoms with Gasteiger partial charge < -0.3 is 0 Å². The Morgan fingerprint density at radius 2 is 2.20 bits per heavy atom. The zero-order valence-corrected chi connectivity index (χ0v) is 10.0. The lowest BCUT2D eigenvalue weighted by molar-refractivity contribution is 1.09. The van der Waals surface area contributed by atoms with Gasteiger partial charge in [-0.15, -0.1) is 11.6 Å². The number of halogens is 2. The number of rotatable bonds is 2. The number of aromatic nitrogens is 3. The summed E-state index contributed by atoms with van der Waals surface area (Å²) in [7, 11) is 0. The molecule has 2 aromatic rings. The van der Waals surface area contributed by atoms with Crippen LogP contribution in [0.5, 0.6) is 0 Å². The molecular weight excluding hydrogens is 277 g/mol. The van der Waals surface area contributed by atoms with E-state index in [0.29, 0.717) is 11.7 Å². The highest BCUT2D eigenvalue weighted by Crippen LogP contribution is 2.18. The molecule has 2 aromatic heterocycles. The van der Waals surface area contributed by atoms with E-state index in [-0.39, 0.29) is 0 Å². The van der Waals surface area contributed by atoms with E-state index in [2.05, 4.69) is 30.9 Å². The van der Waals surface area contributed by atoms with Crippen molar-refractivity contribution < 1.29 is 0 Å². The molecule has 0 aliphatic heterocycles. The minimum Gasteiger partial charge on any atom is -0.263 e. The van der Waals surface area contributed by atoms with E-state index in [9.17, 15) is 0 Å². The van der Waals surface area contributed by atoms with Crippen LogP contribution < -0.4 is 0 Å². The maximum atomic E-state index is 5.70. The van der Waals surface area contributed by atoms with E-state index < -0.39 is 0 Å². The van der Waals surface area contributed by atoms with E-state index in [1.54, 1.807) is 24.7 Å². The molecule has 5 heteroatoms. The van der Waals surface area contributed by atoms with Crippen LogP contribution in [0.15, 0.2) is 35.2 Å². The molecule has 0 atom stereocenters. The number of hydrogen-bond donors (Lipinski definition) is 0. The lowest BCUT2D eigenvalue weighted by Crippen LogP contribution is -1.93. The number of nitrogens with zero attached hydrogens (tertiary/aromatic N) is 3. The van der Waals surface area contributed by atoms with Crippen LogP contribution in [-0.2, 0) is 5.88 Å². The summed E-state index contributed by atoms with van der Waals surface area (Å²) in [6.45, 7) is 0. The van der Waals surface area contributed by atoms with Gasteiger partial charge >= 0.3 is 0 Å². The first kappa shape index (κ1) is 10.5. The average Bonchev–Trinajstić information content (AvgIpc) is 2.29. The van der Waals surface area contributed by atoms with Crippen LogP contribution in [0.25, 0.3) is 11.4 Å². The van der Waals surface area contributed by atoms with Gasteiger partial charge in [0.05, 0.1) is 11.6 Å². The Balaban J connectivity index is 2.44. The summed E-state index contributed by atoms with van der Waals surface area (Å²) in [4.78, 5) is 12.5. The van der Waals surface area contributed by atoms with Crippen molar-refractivity contribution in [3.8, 4) is 11.4 Å². The molecule has 0 saturated carbocycles. The molecule has 0 aliphatic rings. The lowest BCUT2D eigenvalue weighted by Gasteiger charge is -2.01. The highest BCUT2D eigenvalue weighted by Gasteiger charge is 2.02. The topological polar surface area (TPSA) is 38.7 Å². The van der Waals surface area contributed by atoms with Crippen LogP contribution in [0.2, 0.25) is 0 Å². The smallest absolute Gasteiger partial charge is 0.161 e. The molecule has 0 spiro atoms. The van der Waals surface area contributed by atoms with E-state index in [1.165, 1.54) is 0 Å². The first-order valence-electron chi connectivity index (χ1n) is 4.28. The van der Waals surface area contributed by atoms with Crippen LogP contribution in [0.1, 0.15) is 5.69 Å². The molecule has 0 aliphatic carbocycles. The summed E-state index contributed by atoms with van der Waals surface area (Å²) in [5, 5.41) is 0. The Labute approximate surface area is 101 Å². The zero-order chi connectivity index (χ0) is 10.7. The maximum absolute atomic E-state index is 5.70. The van der Waals surface area contributed by atoms with Crippen molar-refractivity contribution in [3.05, 3.63) is 40.9 Å². The molecule has 0 N–H and O–H groups in total. The van der Waals surface area contributed by atoms with E-state index >= 15 is 0 Å². The largest absolute Gasteiger partial charge is 0.263 e. The molecule has 0 bridgehead atoms. The average molecular weight is 285 g/mol. The highest BCUT2D eigenvalue weighted by atomic mass is 79.9. The van der Waals surface area contributed by atoms with Crippen molar-refractivity contribution in [3.63, 3.8) is 0 Å².